The molecule has 1 heterocycles. The molecule has 0 atom stereocenters. The molecule has 1 aliphatic heterocycles. The number of piperazine rings is 1. The van der Waals surface area contributed by atoms with E-state index in [1.165, 1.54) is 11.1 Å². The summed E-state index contributed by atoms with van der Waals surface area (Å²) >= 11 is 0. The minimum atomic E-state index is -0.235. The fourth-order valence-corrected chi connectivity index (χ4v) is 6.35. The quantitative estimate of drug-likeness (QED) is 0.324. The average Bonchev–Trinajstić information content (AvgIpc) is 3.02. The van der Waals surface area contributed by atoms with Crippen LogP contribution in [-0.2, 0) is 0 Å². The Kier molecular flexibility index (Phi) is 9.69. The number of aliphatic hydroxyl groups excluding tert-OH is 1. The van der Waals surface area contributed by atoms with Crippen molar-refractivity contribution < 1.29 is 9.90 Å². The number of hydrogen-bond acceptors (Lipinski definition) is 4. The van der Waals surface area contributed by atoms with E-state index >= 15 is 0 Å². The molecule has 1 N–H and O–H groups in total. The number of aliphatic hydroxyl groups is 1. The molecular formula is C35H43N3O2. The third-order valence-electron chi connectivity index (χ3n) is 8.66. The second-order valence-corrected chi connectivity index (χ2v) is 11.3. The van der Waals surface area contributed by atoms with E-state index in [1.807, 2.05) is 23.1 Å². The van der Waals surface area contributed by atoms with E-state index in [2.05, 4.69) is 89.2 Å². The Morgan fingerprint density at radius 2 is 1.50 bits per heavy atom. The first-order valence-electron chi connectivity index (χ1n) is 14.9. The Morgan fingerprint density at radius 1 is 0.875 bits per heavy atom. The average molecular weight is 538 g/mol. The number of anilines is 1. The zero-order chi connectivity index (χ0) is 27.7. The van der Waals surface area contributed by atoms with Crippen molar-refractivity contribution in [1.29, 1.82) is 0 Å². The standard InChI is InChI=1S/C35H43N3O2/c1-2-21-38(31-16-18-33(39)19-17-31)35(40)30-14-9-15-32(27-30)37-25-23-36(24-26-37)22-20-34(28-10-5-3-6-11-28)29-12-7-4-8-13-29/h2-15,27,31,33-34,39H,1,16-26H2. The number of hydrogen-bond donors (Lipinski definition) is 1. The molecule has 1 saturated carbocycles. The molecule has 5 nitrogen and oxygen atoms in total. The van der Waals surface area contributed by atoms with E-state index in [0.717, 1.165) is 76.1 Å². The molecule has 1 saturated heterocycles. The van der Waals surface area contributed by atoms with Gasteiger partial charge >= 0.3 is 0 Å². The maximum Gasteiger partial charge on any atom is 0.254 e. The summed E-state index contributed by atoms with van der Waals surface area (Å²) in [5.74, 6) is 0.462. The van der Waals surface area contributed by atoms with Gasteiger partial charge in [-0.25, -0.2) is 0 Å². The first kappa shape index (κ1) is 28.1. The highest BCUT2D eigenvalue weighted by Gasteiger charge is 2.28. The van der Waals surface area contributed by atoms with E-state index in [9.17, 15) is 9.90 Å². The topological polar surface area (TPSA) is 47.0 Å². The van der Waals surface area contributed by atoms with Crippen molar-refractivity contribution in [2.75, 3.05) is 44.2 Å². The second-order valence-electron chi connectivity index (χ2n) is 11.3. The molecule has 0 aromatic heterocycles. The van der Waals surface area contributed by atoms with Crippen molar-refractivity contribution in [3.63, 3.8) is 0 Å². The van der Waals surface area contributed by atoms with Crippen LogP contribution in [0.25, 0.3) is 0 Å². The first-order valence-corrected chi connectivity index (χ1v) is 14.9. The molecular weight excluding hydrogens is 494 g/mol. The Labute approximate surface area is 239 Å². The van der Waals surface area contributed by atoms with Crippen LogP contribution in [0.2, 0.25) is 0 Å². The maximum atomic E-state index is 13.6. The fourth-order valence-electron chi connectivity index (χ4n) is 6.35. The first-order chi connectivity index (χ1) is 19.6. The van der Waals surface area contributed by atoms with Gasteiger partial charge in [-0.05, 0) is 68.0 Å². The second kappa shape index (κ2) is 13.8. The Hall–Kier alpha value is -3.41. The summed E-state index contributed by atoms with van der Waals surface area (Å²) in [6.45, 7) is 9.43. The molecule has 2 fully saturated rings. The van der Waals surface area contributed by atoms with Gasteiger partial charge in [0.25, 0.3) is 5.91 Å². The van der Waals surface area contributed by atoms with Crippen molar-refractivity contribution in [2.24, 2.45) is 0 Å². The van der Waals surface area contributed by atoms with Gasteiger partial charge in [0.2, 0.25) is 0 Å². The molecule has 0 radical (unpaired) electrons. The number of amides is 1. The molecule has 40 heavy (non-hydrogen) atoms. The van der Waals surface area contributed by atoms with Crippen LogP contribution in [0.15, 0.2) is 97.6 Å². The lowest BCUT2D eigenvalue weighted by Crippen LogP contribution is -2.47. The van der Waals surface area contributed by atoms with E-state index in [-0.39, 0.29) is 18.1 Å². The minimum Gasteiger partial charge on any atom is -0.393 e. The number of carbonyl (C=O) groups is 1. The minimum absolute atomic E-state index is 0.0645. The number of nitrogens with zero attached hydrogens (tertiary/aromatic N) is 3. The van der Waals surface area contributed by atoms with Crippen LogP contribution < -0.4 is 4.90 Å². The molecule has 3 aromatic rings. The van der Waals surface area contributed by atoms with Crippen LogP contribution in [-0.4, -0.2) is 72.2 Å². The van der Waals surface area contributed by atoms with Crippen LogP contribution in [0.4, 0.5) is 5.69 Å². The van der Waals surface area contributed by atoms with Crippen molar-refractivity contribution in [2.45, 2.75) is 50.2 Å². The molecule has 210 valence electrons. The van der Waals surface area contributed by atoms with Crippen LogP contribution in [0.1, 0.15) is 59.5 Å². The predicted octanol–water partition coefficient (Wildman–Crippen LogP) is 5.96. The summed E-state index contributed by atoms with van der Waals surface area (Å²) in [5.41, 5.74) is 4.61. The maximum absolute atomic E-state index is 13.6. The molecule has 1 aliphatic carbocycles. The van der Waals surface area contributed by atoms with E-state index < -0.39 is 0 Å². The SMILES string of the molecule is C=CCN(C(=O)c1cccc(N2CCN(CCC(c3ccccc3)c3ccccc3)CC2)c1)C1CCC(O)CC1. The molecule has 1 amide bonds. The fraction of sp³-hybridized carbons (Fsp3) is 0.400. The molecule has 0 spiro atoms. The largest absolute Gasteiger partial charge is 0.393 e. The van der Waals surface area contributed by atoms with Gasteiger partial charge in [-0.3, -0.25) is 9.69 Å². The third kappa shape index (κ3) is 7.01. The zero-order valence-electron chi connectivity index (χ0n) is 23.6. The number of carbonyl (C=O) groups excluding carboxylic acids is 1. The van der Waals surface area contributed by atoms with Gasteiger partial charge in [0.15, 0.2) is 0 Å². The molecule has 5 rings (SSSR count). The lowest BCUT2D eigenvalue weighted by atomic mass is 9.88. The third-order valence-corrected chi connectivity index (χ3v) is 8.66. The van der Waals surface area contributed by atoms with Crippen molar-refractivity contribution in [3.8, 4) is 0 Å². The lowest BCUT2D eigenvalue weighted by Gasteiger charge is -2.37. The smallest absolute Gasteiger partial charge is 0.254 e. The molecule has 0 unspecified atom stereocenters. The van der Waals surface area contributed by atoms with E-state index in [4.69, 9.17) is 0 Å². The van der Waals surface area contributed by atoms with Crippen molar-refractivity contribution >= 4 is 11.6 Å². The van der Waals surface area contributed by atoms with Gasteiger partial charge in [-0.2, -0.15) is 0 Å². The van der Waals surface area contributed by atoms with E-state index in [1.54, 1.807) is 0 Å². The van der Waals surface area contributed by atoms with Crippen LogP contribution in [0.3, 0.4) is 0 Å². The zero-order valence-corrected chi connectivity index (χ0v) is 23.6. The normalized spacial score (nSPS) is 19.9. The summed E-state index contributed by atoms with van der Waals surface area (Å²) in [7, 11) is 0. The molecule has 0 bridgehead atoms. The predicted molar refractivity (Wildman–Crippen MR) is 164 cm³/mol. The Morgan fingerprint density at radius 3 is 2.10 bits per heavy atom. The van der Waals surface area contributed by atoms with Gasteiger partial charge < -0.3 is 14.9 Å². The van der Waals surface area contributed by atoms with Gasteiger partial charge in [0.05, 0.1) is 6.10 Å². The van der Waals surface area contributed by atoms with Crippen molar-refractivity contribution in [1.82, 2.24) is 9.80 Å². The summed E-state index contributed by atoms with van der Waals surface area (Å²) in [5, 5.41) is 9.93. The number of rotatable bonds is 10. The highest BCUT2D eigenvalue weighted by molar-refractivity contribution is 5.95. The molecule has 3 aromatic carbocycles. The Balaban J connectivity index is 1.19. The number of benzene rings is 3. The monoisotopic (exact) mass is 537 g/mol. The molecule has 5 heteroatoms. The van der Waals surface area contributed by atoms with Gasteiger partial charge in [0.1, 0.15) is 0 Å². The highest BCUT2D eigenvalue weighted by atomic mass is 16.3. The molecule has 2 aliphatic rings. The van der Waals surface area contributed by atoms with Crippen molar-refractivity contribution in [3.05, 3.63) is 114 Å². The Bertz CT molecular complexity index is 1180. The van der Waals surface area contributed by atoms with Crippen LogP contribution in [0.5, 0.6) is 0 Å². The van der Waals surface area contributed by atoms with E-state index in [0.29, 0.717) is 12.5 Å². The lowest BCUT2D eigenvalue weighted by molar-refractivity contribution is 0.0530. The summed E-state index contributed by atoms with van der Waals surface area (Å²) in [4.78, 5) is 20.5. The summed E-state index contributed by atoms with van der Waals surface area (Å²) < 4.78 is 0. The summed E-state index contributed by atoms with van der Waals surface area (Å²) in [6, 6.07) is 30.0. The van der Waals surface area contributed by atoms with Gasteiger partial charge in [-0.1, -0.05) is 72.8 Å². The van der Waals surface area contributed by atoms with Gasteiger partial charge in [0, 0.05) is 55.9 Å². The van der Waals surface area contributed by atoms with Crippen LogP contribution in [0, 0.1) is 0 Å². The highest BCUT2D eigenvalue weighted by Crippen LogP contribution is 2.29. The van der Waals surface area contributed by atoms with Crippen LogP contribution >= 0.6 is 0 Å². The van der Waals surface area contributed by atoms with Gasteiger partial charge in [-0.15, -0.1) is 6.58 Å². The summed E-state index contributed by atoms with van der Waals surface area (Å²) in [6.07, 6.45) is 5.87.